The molecule has 210 valence electrons. The molecule has 40 heavy (non-hydrogen) atoms. The second-order valence-electron chi connectivity index (χ2n) is 8.88. The van der Waals surface area contributed by atoms with E-state index in [9.17, 15) is 14.4 Å². The molecule has 0 saturated heterocycles. The summed E-state index contributed by atoms with van der Waals surface area (Å²) < 4.78 is 11.2. The number of hydrogen-bond acceptors (Lipinski definition) is 6. The number of ether oxygens (including phenoxy) is 2. The number of nitrogens with one attached hydrogen (secondary N) is 3. The molecule has 0 unspecified atom stereocenters. The first kappa shape index (κ1) is 30.5. The van der Waals surface area contributed by atoms with Crippen LogP contribution in [0.4, 0.5) is 5.69 Å². The molecule has 0 aromatic heterocycles. The fourth-order valence-electron chi connectivity index (χ4n) is 3.41. The Kier molecular flexibility index (Phi) is 11.4. The summed E-state index contributed by atoms with van der Waals surface area (Å²) in [6, 6.07) is 17.4. The van der Waals surface area contributed by atoms with Crippen LogP contribution in [0.5, 0.6) is 11.5 Å². The lowest BCUT2D eigenvalue weighted by Gasteiger charge is -2.13. The largest absolute Gasteiger partial charge is 0.490 e. The van der Waals surface area contributed by atoms with Gasteiger partial charge in [0.25, 0.3) is 5.91 Å². The molecule has 0 bridgehead atoms. The van der Waals surface area contributed by atoms with E-state index in [1.165, 1.54) is 17.8 Å². The van der Waals surface area contributed by atoms with Crippen molar-refractivity contribution in [1.82, 2.24) is 10.7 Å². The molecule has 9 nitrogen and oxygen atoms in total. The minimum atomic E-state index is -0.896. The van der Waals surface area contributed by atoms with Gasteiger partial charge in [-0.05, 0) is 65.9 Å². The first-order valence-electron chi connectivity index (χ1n) is 12.5. The van der Waals surface area contributed by atoms with Gasteiger partial charge in [-0.25, -0.2) is 5.43 Å². The van der Waals surface area contributed by atoms with Crippen LogP contribution in [-0.4, -0.2) is 37.1 Å². The first-order chi connectivity index (χ1) is 19.2. The molecule has 11 heteroatoms. The van der Waals surface area contributed by atoms with Gasteiger partial charge in [0, 0.05) is 11.6 Å². The van der Waals surface area contributed by atoms with E-state index in [2.05, 4.69) is 35.0 Å². The maximum absolute atomic E-state index is 12.3. The fraction of sp³-hybridized carbons (Fsp3) is 0.241. The molecule has 0 heterocycles. The minimum absolute atomic E-state index is 0.221. The minimum Gasteiger partial charge on any atom is -0.490 e. The molecule has 3 amide bonds. The molecule has 0 radical (unpaired) electrons. The second kappa shape index (κ2) is 14.9. The zero-order valence-electron chi connectivity index (χ0n) is 22.3. The summed E-state index contributed by atoms with van der Waals surface area (Å²) in [5, 5.41) is 9.83. The van der Waals surface area contributed by atoms with Crippen LogP contribution in [0.2, 0.25) is 10.0 Å². The van der Waals surface area contributed by atoms with Crippen molar-refractivity contribution in [2.24, 2.45) is 5.10 Å². The van der Waals surface area contributed by atoms with Crippen LogP contribution < -0.4 is 25.5 Å². The Morgan fingerprint density at radius 1 is 0.925 bits per heavy atom. The van der Waals surface area contributed by atoms with Gasteiger partial charge < -0.3 is 20.1 Å². The number of rotatable bonds is 11. The van der Waals surface area contributed by atoms with Crippen LogP contribution in [0.3, 0.4) is 0 Å². The number of carbonyl (C=O) groups is 3. The Labute approximate surface area is 242 Å². The van der Waals surface area contributed by atoms with Gasteiger partial charge in [-0.15, -0.1) is 0 Å². The van der Waals surface area contributed by atoms with E-state index < -0.39 is 17.7 Å². The van der Waals surface area contributed by atoms with Crippen molar-refractivity contribution in [1.29, 1.82) is 0 Å². The van der Waals surface area contributed by atoms with E-state index in [1.54, 1.807) is 37.3 Å². The highest BCUT2D eigenvalue weighted by atomic mass is 35.5. The monoisotopic (exact) mass is 584 g/mol. The van der Waals surface area contributed by atoms with Crippen molar-refractivity contribution in [2.45, 2.75) is 33.2 Å². The lowest BCUT2D eigenvalue weighted by Crippen LogP contribution is -2.37. The van der Waals surface area contributed by atoms with E-state index in [0.717, 1.165) is 5.56 Å². The molecule has 0 aliphatic carbocycles. The summed E-state index contributed by atoms with van der Waals surface area (Å²) in [6.45, 7) is 6.28. The highest BCUT2D eigenvalue weighted by Gasteiger charge is 2.13. The third kappa shape index (κ3) is 9.29. The quantitative estimate of drug-likeness (QED) is 0.160. The van der Waals surface area contributed by atoms with Crippen LogP contribution in [0.1, 0.15) is 43.4 Å². The number of amides is 3. The predicted molar refractivity (Wildman–Crippen MR) is 156 cm³/mol. The molecular formula is C29H30Cl2N4O5. The standard InChI is InChI=1S/C29H30Cl2N4O5/c1-4-39-26-13-20(7-12-25(26)40-17-27(36)34-24-11-10-22(30)14-23(24)31)16-33-35-29(38)28(37)32-15-19-5-8-21(9-6-19)18(2)3/h5-14,16,18H,4,15,17H2,1-3H3,(H,32,37)(H,34,36)(H,35,38)/b33-16-. The topological polar surface area (TPSA) is 118 Å². The van der Waals surface area contributed by atoms with Crippen LogP contribution in [0.25, 0.3) is 0 Å². The van der Waals surface area contributed by atoms with Gasteiger partial charge in [0.2, 0.25) is 0 Å². The Balaban J connectivity index is 1.51. The SMILES string of the molecule is CCOc1cc(/C=N\NC(=O)C(=O)NCc2ccc(C(C)C)cc2)ccc1OCC(=O)Nc1ccc(Cl)cc1Cl. The smallest absolute Gasteiger partial charge is 0.329 e. The van der Waals surface area contributed by atoms with E-state index in [1.807, 2.05) is 24.3 Å². The van der Waals surface area contributed by atoms with Crippen molar-refractivity contribution in [3.63, 3.8) is 0 Å². The zero-order chi connectivity index (χ0) is 29.1. The number of anilines is 1. The van der Waals surface area contributed by atoms with E-state index in [4.69, 9.17) is 32.7 Å². The predicted octanol–water partition coefficient (Wildman–Crippen LogP) is 5.30. The number of halogens is 2. The molecule has 0 aliphatic heterocycles. The van der Waals surface area contributed by atoms with Gasteiger partial charge >= 0.3 is 11.8 Å². The summed E-state index contributed by atoms with van der Waals surface area (Å²) in [5.74, 6) is -1.01. The van der Waals surface area contributed by atoms with Crippen molar-refractivity contribution in [2.75, 3.05) is 18.5 Å². The lowest BCUT2D eigenvalue weighted by molar-refractivity contribution is -0.139. The highest BCUT2D eigenvalue weighted by Crippen LogP contribution is 2.29. The molecule has 0 atom stereocenters. The fourth-order valence-corrected chi connectivity index (χ4v) is 3.87. The third-order valence-corrected chi connectivity index (χ3v) is 6.06. The Morgan fingerprint density at radius 3 is 2.35 bits per heavy atom. The van der Waals surface area contributed by atoms with Crippen molar-refractivity contribution in [3.8, 4) is 11.5 Å². The molecule has 3 N–H and O–H groups in total. The molecule has 0 fully saturated rings. The number of hydrazone groups is 1. The summed E-state index contributed by atoms with van der Waals surface area (Å²) in [7, 11) is 0. The average molecular weight is 585 g/mol. The molecule has 0 spiro atoms. The molecule has 3 aromatic carbocycles. The van der Waals surface area contributed by atoms with Crippen molar-refractivity contribution >= 4 is 52.8 Å². The Hall–Kier alpha value is -4.08. The Morgan fingerprint density at radius 2 is 1.68 bits per heavy atom. The summed E-state index contributed by atoms with van der Waals surface area (Å²) in [5.41, 5.74) is 5.26. The second-order valence-corrected chi connectivity index (χ2v) is 9.72. The average Bonchev–Trinajstić information content (AvgIpc) is 2.93. The summed E-state index contributed by atoms with van der Waals surface area (Å²) in [6.07, 6.45) is 1.36. The first-order valence-corrected chi connectivity index (χ1v) is 13.3. The van der Waals surface area contributed by atoms with Gasteiger partial charge in [-0.1, -0.05) is 61.3 Å². The summed E-state index contributed by atoms with van der Waals surface area (Å²) >= 11 is 12.0. The highest BCUT2D eigenvalue weighted by molar-refractivity contribution is 6.36. The number of carbonyl (C=O) groups excluding carboxylic acids is 3. The number of hydrogen-bond donors (Lipinski definition) is 3. The molecular weight excluding hydrogens is 555 g/mol. The maximum Gasteiger partial charge on any atom is 0.329 e. The van der Waals surface area contributed by atoms with E-state index in [-0.39, 0.29) is 13.2 Å². The Bertz CT molecular complexity index is 1380. The zero-order valence-corrected chi connectivity index (χ0v) is 23.8. The van der Waals surface area contributed by atoms with Crippen LogP contribution in [-0.2, 0) is 20.9 Å². The molecule has 3 aromatic rings. The number of benzene rings is 3. The summed E-state index contributed by atoms with van der Waals surface area (Å²) in [4.78, 5) is 36.5. The third-order valence-electron chi connectivity index (χ3n) is 5.52. The number of nitrogens with zero attached hydrogens (tertiary/aromatic N) is 1. The van der Waals surface area contributed by atoms with Gasteiger partial charge in [-0.3, -0.25) is 14.4 Å². The van der Waals surface area contributed by atoms with Gasteiger partial charge in [0.05, 0.1) is 23.5 Å². The normalized spacial score (nSPS) is 10.8. The molecule has 0 aliphatic rings. The molecule has 3 rings (SSSR count). The van der Waals surface area contributed by atoms with Gasteiger partial charge in [0.15, 0.2) is 18.1 Å². The van der Waals surface area contributed by atoms with Crippen molar-refractivity contribution < 1.29 is 23.9 Å². The van der Waals surface area contributed by atoms with Crippen molar-refractivity contribution in [3.05, 3.63) is 87.4 Å². The van der Waals surface area contributed by atoms with Crippen LogP contribution in [0, 0.1) is 0 Å². The van der Waals surface area contributed by atoms with E-state index >= 15 is 0 Å². The maximum atomic E-state index is 12.3. The van der Waals surface area contributed by atoms with Gasteiger partial charge in [0.1, 0.15) is 0 Å². The van der Waals surface area contributed by atoms with Gasteiger partial charge in [-0.2, -0.15) is 5.10 Å². The lowest BCUT2D eigenvalue weighted by atomic mass is 10.0. The van der Waals surface area contributed by atoms with Crippen LogP contribution in [0.15, 0.2) is 65.8 Å². The molecule has 0 saturated carbocycles. The van der Waals surface area contributed by atoms with E-state index in [0.29, 0.717) is 45.3 Å². The van der Waals surface area contributed by atoms with Crippen LogP contribution >= 0.6 is 23.2 Å².